The molecule has 0 saturated heterocycles. The normalized spacial score (nSPS) is 12.0. The fourth-order valence-electron chi connectivity index (χ4n) is 1.72. The molecule has 0 bridgehead atoms. The number of nitrogens with zero attached hydrogens (tertiary/aromatic N) is 2. The number of aliphatic imine (C=N–C) groups is 1. The lowest BCUT2D eigenvalue weighted by Gasteiger charge is -2.13. The van der Waals surface area contributed by atoms with Gasteiger partial charge >= 0.3 is 6.18 Å². The standard InChI is InChI=1S/C13H19Cl2F3N4O.HI/c1-19-12(20-4-3-5-23-8-13(16,17)18)21-7-9-6-10(14)11(15)22(9)2;/h6H,3-5,7-8H2,1-2H3,(H2,19,20,21);1H. The maximum absolute atomic E-state index is 11.9. The van der Waals surface area contributed by atoms with Gasteiger partial charge in [0.15, 0.2) is 5.96 Å². The summed E-state index contributed by atoms with van der Waals surface area (Å²) in [7, 11) is 3.39. The van der Waals surface area contributed by atoms with Crippen LogP contribution in [0.5, 0.6) is 0 Å². The number of guanidine groups is 1. The summed E-state index contributed by atoms with van der Waals surface area (Å²) in [6.07, 6.45) is -3.86. The number of alkyl halides is 3. The van der Waals surface area contributed by atoms with Crippen LogP contribution in [-0.4, -0.2) is 43.5 Å². The van der Waals surface area contributed by atoms with Crippen LogP contribution in [0.2, 0.25) is 10.2 Å². The zero-order valence-corrected chi connectivity index (χ0v) is 17.1. The highest BCUT2D eigenvalue weighted by atomic mass is 127. The highest BCUT2D eigenvalue weighted by molar-refractivity contribution is 14.0. The lowest BCUT2D eigenvalue weighted by molar-refractivity contribution is -0.173. The van der Waals surface area contributed by atoms with Crippen LogP contribution < -0.4 is 10.6 Å². The first-order valence-corrected chi connectivity index (χ1v) is 7.59. The van der Waals surface area contributed by atoms with Gasteiger partial charge in [0.2, 0.25) is 0 Å². The minimum atomic E-state index is -4.29. The molecule has 1 aromatic rings. The Bertz CT molecular complexity index is 538. The van der Waals surface area contributed by atoms with Gasteiger partial charge in [-0.1, -0.05) is 23.2 Å². The van der Waals surface area contributed by atoms with Gasteiger partial charge in [-0.2, -0.15) is 13.2 Å². The number of hydrogen-bond donors (Lipinski definition) is 2. The molecular formula is C13H20Cl2F3IN4O. The average Bonchev–Trinajstić information content (AvgIpc) is 2.72. The summed E-state index contributed by atoms with van der Waals surface area (Å²) in [5.41, 5.74) is 0.872. The van der Waals surface area contributed by atoms with Crippen molar-refractivity contribution in [3.8, 4) is 0 Å². The van der Waals surface area contributed by atoms with Crippen molar-refractivity contribution in [2.45, 2.75) is 19.1 Å². The maximum atomic E-state index is 11.9. The monoisotopic (exact) mass is 502 g/mol. The lowest BCUT2D eigenvalue weighted by Crippen LogP contribution is -2.38. The lowest BCUT2D eigenvalue weighted by atomic mass is 10.4. The Balaban J connectivity index is 0.00000529. The summed E-state index contributed by atoms with van der Waals surface area (Å²) in [5, 5.41) is 6.96. The summed E-state index contributed by atoms with van der Waals surface area (Å²) in [6.45, 7) is -0.319. The van der Waals surface area contributed by atoms with Crippen LogP contribution in [0.1, 0.15) is 12.1 Å². The van der Waals surface area contributed by atoms with Crippen molar-refractivity contribution in [3.63, 3.8) is 0 Å². The molecule has 0 atom stereocenters. The van der Waals surface area contributed by atoms with Crippen LogP contribution in [-0.2, 0) is 18.3 Å². The molecule has 0 fully saturated rings. The quantitative estimate of drug-likeness (QED) is 0.259. The van der Waals surface area contributed by atoms with E-state index in [0.29, 0.717) is 35.6 Å². The van der Waals surface area contributed by atoms with Crippen LogP contribution in [0.25, 0.3) is 0 Å². The van der Waals surface area contributed by atoms with E-state index in [1.54, 1.807) is 24.7 Å². The van der Waals surface area contributed by atoms with E-state index in [1.165, 1.54) is 0 Å². The largest absolute Gasteiger partial charge is 0.411 e. The molecule has 0 aliphatic heterocycles. The Hall–Kier alpha value is -0.390. The van der Waals surface area contributed by atoms with E-state index in [2.05, 4.69) is 20.4 Å². The van der Waals surface area contributed by atoms with Gasteiger partial charge < -0.3 is 19.9 Å². The van der Waals surface area contributed by atoms with Gasteiger partial charge in [-0.25, -0.2) is 0 Å². The summed E-state index contributed by atoms with van der Waals surface area (Å²) < 4.78 is 41.9. The van der Waals surface area contributed by atoms with Gasteiger partial charge in [-0.05, 0) is 12.5 Å². The predicted octanol–water partition coefficient (Wildman–Crippen LogP) is 3.58. The molecule has 0 amide bonds. The summed E-state index contributed by atoms with van der Waals surface area (Å²) in [4.78, 5) is 4.02. The van der Waals surface area contributed by atoms with E-state index in [-0.39, 0.29) is 30.6 Å². The smallest absolute Gasteiger partial charge is 0.372 e. The molecule has 0 spiro atoms. The molecule has 140 valence electrons. The fraction of sp³-hybridized carbons (Fsp3) is 0.615. The molecular weight excluding hydrogens is 483 g/mol. The minimum Gasteiger partial charge on any atom is -0.372 e. The number of halogens is 6. The molecule has 0 aliphatic carbocycles. The molecule has 2 N–H and O–H groups in total. The van der Waals surface area contributed by atoms with Gasteiger partial charge in [0, 0.05) is 32.9 Å². The second kappa shape index (κ2) is 11.3. The third-order valence-electron chi connectivity index (χ3n) is 2.90. The van der Waals surface area contributed by atoms with E-state index in [4.69, 9.17) is 23.2 Å². The van der Waals surface area contributed by atoms with Gasteiger partial charge in [-0.3, -0.25) is 4.99 Å². The SMILES string of the molecule is CN=C(NCCCOCC(F)(F)F)NCc1cc(Cl)c(Cl)n1C.I. The van der Waals surface area contributed by atoms with Crippen molar-refractivity contribution < 1.29 is 17.9 Å². The van der Waals surface area contributed by atoms with Crippen molar-refractivity contribution in [2.24, 2.45) is 12.0 Å². The number of rotatable bonds is 7. The Morgan fingerprint density at radius 3 is 2.50 bits per heavy atom. The molecule has 5 nitrogen and oxygen atoms in total. The zero-order valence-electron chi connectivity index (χ0n) is 13.2. The molecule has 0 radical (unpaired) electrons. The highest BCUT2D eigenvalue weighted by Gasteiger charge is 2.27. The Labute approximate surface area is 165 Å². The third kappa shape index (κ3) is 8.63. The minimum absolute atomic E-state index is 0. The van der Waals surface area contributed by atoms with Crippen LogP contribution in [0.3, 0.4) is 0 Å². The molecule has 11 heteroatoms. The Morgan fingerprint density at radius 1 is 1.33 bits per heavy atom. The number of aromatic nitrogens is 1. The van der Waals surface area contributed by atoms with E-state index in [0.717, 1.165) is 5.69 Å². The molecule has 1 aromatic heterocycles. The second-order valence-electron chi connectivity index (χ2n) is 4.71. The average molecular weight is 503 g/mol. The first kappa shape index (κ1) is 23.6. The van der Waals surface area contributed by atoms with Crippen LogP contribution >= 0.6 is 47.2 Å². The molecule has 0 saturated carbocycles. The van der Waals surface area contributed by atoms with Gasteiger partial charge in [0.25, 0.3) is 0 Å². The van der Waals surface area contributed by atoms with Crippen LogP contribution in [0.4, 0.5) is 13.2 Å². The molecule has 0 aromatic carbocycles. The predicted molar refractivity (Wildman–Crippen MR) is 101 cm³/mol. The summed E-state index contributed by atoms with van der Waals surface area (Å²) >= 11 is 11.9. The third-order valence-corrected chi connectivity index (χ3v) is 3.74. The number of nitrogens with one attached hydrogen (secondary N) is 2. The number of hydrogen-bond acceptors (Lipinski definition) is 2. The van der Waals surface area contributed by atoms with Crippen LogP contribution in [0.15, 0.2) is 11.1 Å². The molecule has 24 heavy (non-hydrogen) atoms. The van der Waals surface area contributed by atoms with Gasteiger partial charge in [-0.15, -0.1) is 24.0 Å². The number of ether oxygens (including phenoxy) is 1. The van der Waals surface area contributed by atoms with E-state index in [1.807, 2.05) is 0 Å². The maximum Gasteiger partial charge on any atom is 0.411 e. The first-order valence-electron chi connectivity index (χ1n) is 6.83. The molecule has 1 heterocycles. The van der Waals surface area contributed by atoms with Crippen molar-refractivity contribution in [1.82, 2.24) is 15.2 Å². The van der Waals surface area contributed by atoms with Crippen molar-refractivity contribution >= 4 is 53.1 Å². The van der Waals surface area contributed by atoms with Crippen molar-refractivity contribution in [3.05, 3.63) is 21.9 Å². The molecule has 1 rings (SSSR count). The fourth-order valence-corrected chi connectivity index (χ4v) is 2.14. The van der Waals surface area contributed by atoms with Gasteiger partial charge in [0.05, 0.1) is 11.6 Å². The summed E-state index contributed by atoms with van der Waals surface area (Å²) in [6, 6.07) is 1.75. The Kier molecular flexibility index (Phi) is 11.1. The topological polar surface area (TPSA) is 50.6 Å². The van der Waals surface area contributed by atoms with E-state index >= 15 is 0 Å². The van der Waals surface area contributed by atoms with Gasteiger partial charge in [0.1, 0.15) is 11.8 Å². The van der Waals surface area contributed by atoms with Crippen LogP contribution in [0, 0.1) is 0 Å². The summed E-state index contributed by atoms with van der Waals surface area (Å²) in [5.74, 6) is 0.522. The Morgan fingerprint density at radius 2 is 2.00 bits per heavy atom. The highest BCUT2D eigenvalue weighted by Crippen LogP contribution is 2.24. The zero-order chi connectivity index (χ0) is 17.5. The molecule has 0 unspecified atom stereocenters. The van der Waals surface area contributed by atoms with E-state index in [9.17, 15) is 13.2 Å². The first-order chi connectivity index (χ1) is 10.7. The van der Waals surface area contributed by atoms with E-state index < -0.39 is 12.8 Å². The van der Waals surface area contributed by atoms with Crippen molar-refractivity contribution in [2.75, 3.05) is 26.8 Å². The second-order valence-corrected chi connectivity index (χ2v) is 5.47. The van der Waals surface area contributed by atoms with Crippen molar-refractivity contribution in [1.29, 1.82) is 0 Å². The molecule has 0 aliphatic rings.